The van der Waals surface area contributed by atoms with Crippen LogP contribution in [-0.2, 0) is 10.0 Å². The average Bonchev–Trinajstić information content (AvgIpc) is 3.51. The van der Waals surface area contributed by atoms with Crippen LogP contribution in [0.3, 0.4) is 0 Å². The van der Waals surface area contributed by atoms with Gasteiger partial charge in [-0.2, -0.15) is 0 Å². The first-order valence-electron chi connectivity index (χ1n) is 12.7. The monoisotopic (exact) mass is 554 g/mol. The molecule has 1 saturated heterocycles. The number of halogens is 2. The summed E-state index contributed by atoms with van der Waals surface area (Å²) in [5.74, 6) is 1.98. The first-order valence-corrected chi connectivity index (χ1v) is 14.9. The summed E-state index contributed by atoms with van der Waals surface area (Å²) in [5, 5.41) is 0. The number of sulfonamides is 1. The number of fused-ring (bicyclic) bond motifs is 1. The minimum atomic E-state index is -3.43. The van der Waals surface area contributed by atoms with Crippen molar-refractivity contribution in [2.45, 2.75) is 38.6 Å². The average molecular weight is 555 g/mol. The van der Waals surface area contributed by atoms with Gasteiger partial charge in [0.2, 0.25) is 16.8 Å². The highest BCUT2D eigenvalue weighted by Crippen LogP contribution is 2.43. The molecule has 2 aliphatic rings. The standard InChI is InChI=1S/C27H36ClFN2O5S/c1-19(2)16-31(37(32,33)12-4-9-28)11-10-30-17-22(20-5-8-26-27(15-20)36-18-35-26)14-24(30)21-6-7-25(34-3)23(29)13-21/h5-8,13,15,19,22,24H,4,9-12,14,16-18H2,1-3H3/t22-,24+/m0/s1. The van der Waals surface area contributed by atoms with Gasteiger partial charge < -0.3 is 14.2 Å². The van der Waals surface area contributed by atoms with Crippen LogP contribution >= 0.6 is 11.6 Å². The lowest BCUT2D eigenvalue weighted by Gasteiger charge is -2.29. The largest absolute Gasteiger partial charge is 0.494 e. The van der Waals surface area contributed by atoms with E-state index in [2.05, 4.69) is 11.0 Å². The van der Waals surface area contributed by atoms with Gasteiger partial charge in [0.1, 0.15) is 0 Å². The molecule has 2 heterocycles. The second kappa shape index (κ2) is 12.2. The van der Waals surface area contributed by atoms with Gasteiger partial charge in [0.05, 0.1) is 12.9 Å². The Balaban J connectivity index is 1.58. The Hall–Kier alpha value is -2.07. The fourth-order valence-corrected chi connectivity index (χ4v) is 7.10. The molecule has 0 saturated carbocycles. The van der Waals surface area contributed by atoms with E-state index in [1.807, 2.05) is 32.0 Å². The van der Waals surface area contributed by atoms with Crippen LogP contribution in [-0.4, -0.2) is 69.3 Å². The quantitative estimate of drug-likeness (QED) is 0.344. The predicted octanol–water partition coefficient (Wildman–Crippen LogP) is 5.01. The molecule has 0 aliphatic carbocycles. The Morgan fingerprint density at radius 1 is 1.16 bits per heavy atom. The van der Waals surface area contributed by atoms with Gasteiger partial charge in [-0.15, -0.1) is 11.6 Å². The third-order valence-corrected chi connectivity index (χ3v) is 9.16. The molecule has 0 unspecified atom stereocenters. The van der Waals surface area contributed by atoms with E-state index >= 15 is 0 Å². The van der Waals surface area contributed by atoms with Gasteiger partial charge in [-0.1, -0.05) is 26.0 Å². The topological polar surface area (TPSA) is 68.3 Å². The van der Waals surface area contributed by atoms with E-state index in [4.69, 9.17) is 25.8 Å². The zero-order chi connectivity index (χ0) is 26.6. The van der Waals surface area contributed by atoms with Crippen molar-refractivity contribution < 1.29 is 27.0 Å². The zero-order valence-corrected chi connectivity index (χ0v) is 23.2. The number of hydrogen-bond acceptors (Lipinski definition) is 6. The molecule has 0 bridgehead atoms. The van der Waals surface area contributed by atoms with Crippen molar-refractivity contribution >= 4 is 21.6 Å². The van der Waals surface area contributed by atoms with Crippen LogP contribution in [0.4, 0.5) is 4.39 Å². The number of nitrogens with zero attached hydrogens (tertiary/aromatic N) is 2. The van der Waals surface area contributed by atoms with E-state index in [9.17, 15) is 12.8 Å². The molecule has 2 aromatic carbocycles. The smallest absolute Gasteiger partial charge is 0.231 e. The van der Waals surface area contributed by atoms with Crippen molar-refractivity contribution in [3.8, 4) is 17.2 Å². The molecule has 2 atom stereocenters. The molecule has 37 heavy (non-hydrogen) atoms. The number of rotatable bonds is 12. The third kappa shape index (κ3) is 6.69. The maximum atomic E-state index is 14.7. The zero-order valence-electron chi connectivity index (χ0n) is 21.7. The normalized spacial score (nSPS) is 19.8. The van der Waals surface area contributed by atoms with Crippen LogP contribution in [0.5, 0.6) is 17.2 Å². The first kappa shape index (κ1) is 28.0. The van der Waals surface area contributed by atoms with Gasteiger partial charge in [-0.05, 0) is 60.1 Å². The van der Waals surface area contributed by atoms with Crippen LogP contribution in [0.2, 0.25) is 0 Å². The van der Waals surface area contributed by atoms with Gasteiger partial charge in [-0.25, -0.2) is 17.1 Å². The number of methoxy groups -OCH3 is 1. The molecular formula is C27H36ClFN2O5S. The fraction of sp³-hybridized carbons (Fsp3) is 0.556. The maximum absolute atomic E-state index is 14.7. The molecule has 2 aliphatic heterocycles. The van der Waals surface area contributed by atoms with Crippen LogP contribution < -0.4 is 14.2 Å². The van der Waals surface area contributed by atoms with E-state index in [-0.39, 0.29) is 36.2 Å². The fourth-order valence-electron chi connectivity index (χ4n) is 5.15. The van der Waals surface area contributed by atoms with Crippen LogP contribution in [0.25, 0.3) is 0 Å². The Morgan fingerprint density at radius 3 is 2.62 bits per heavy atom. The molecule has 0 aromatic heterocycles. The van der Waals surface area contributed by atoms with Crippen molar-refractivity contribution in [1.82, 2.24) is 9.21 Å². The molecule has 0 radical (unpaired) electrons. The summed E-state index contributed by atoms with van der Waals surface area (Å²) in [6.45, 7) is 6.31. The van der Waals surface area contributed by atoms with Crippen molar-refractivity contribution in [3.63, 3.8) is 0 Å². The van der Waals surface area contributed by atoms with Crippen molar-refractivity contribution in [3.05, 3.63) is 53.3 Å². The summed E-state index contributed by atoms with van der Waals surface area (Å²) in [5.41, 5.74) is 1.97. The van der Waals surface area contributed by atoms with Crippen LogP contribution in [0, 0.1) is 11.7 Å². The summed E-state index contributed by atoms with van der Waals surface area (Å²) in [6, 6.07) is 11.0. The minimum Gasteiger partial charge on any atom is -0.494 e. The molecule has 7 nitrogen and oxygen atoms in total. The Labute approximate surface area is 224 Å². The predicted molar refractivity (Wildman–Crippen MR) is 143 cm³/mol. The van der Waals surface area contributed by atoms with Gasteiger partial charge >= 0.3 is 0 Å². The molecule has 0 spiro atoms. The summed E-state index contributed by atoms with van der Waals surface area (Å²) >= 11 is 5.78. The van der Waals surface area contributed by atoms with Gasteiger partial charge in [-0.3, -0.25) is 4.90 Å². The Kier molecular flexibility index (Phi) is 9.21. The van der Waals surface area contributed by atoms with Gasteiger partial charge in [0.25, 0.3) is 0 Å². The number of likely N-dealkylation sites (tertiary alicyclic amines) is 1. The van der Waals surface area contributed by atoms with Crippen LogP contribution in [0.15, 0.2) is 36.4 Å². The molecule has 204 valence electrons. The molecule has 2 aromatic rings. The summed E-state index contributed by atoms with van der Waals surface area (Å²) in [4.78, 5) is 2.26. The third-order valence-electron chi connectivity index (χ3n) is 6.97. The SMILES string of the molecule is COc1ccc([C@H]2C[C@H](c3ccc4c(c3)OCO4)CN2CCN(CC(C)C)S(=O)(=O)CCCCl)cc1F. The molecule has 10 heteroatoms. The summed E-state index contributed by atoms with van der Waals surface area (Å²) in [7, 11) is -1.98. The number of ether oxygens (including phenoxy) is 3. The maximum Gasteiger partial charge on any atom is 0.231 e. The molecule has 0 N–H and O–H groups in total. The number of alkyl halides is 1. The Bertz CT molecular complexity index is 1180. The molecular weight excluding hydrogens is 519 g/mol. The van der Waals surface area contributed by atoms with E-state index in [0.717, 1.165) is 35.6 Å². The van der Waals surface area contributed by atoms with Crippen molar-refractivity contribution in [2.75, 3.05) is 51.7 Å². The van der Waals surface area contributed by atoms with Gasteiger partial charge in [0, 0.05) is 38.1 Å². The lowest BCUT2D eigenvalue weighted by Crippen LogP contribution is -2.41. The highest BCUT2D eigenvalue weighted by Gasteiger charge is 2.36. The Morgan fingerprint density at radius 2 is 1.92 bits per heavy atom. The van der Waals surface area contributed by atoms with Gasteiger partial charge in [0.15, 0.2) is 23.1 Å². The van der Waals surface area contributed by atoms with E-state index in [1.165, 1.54) is 13.2 Å². The van der Waals surface area contributed by atoms with E-state index in [1.54, 1.807) is 10.4 Å². The number of hydrogen-bond donors (Lipinski definition) is 0. The summed E-state index contributed by atoms with van der Waals surface area (Å²) in [6.07, 6.45) is 1.19. The van der Waals surface area contributed by atoms with Crippen LogP contribution in [0.1, 0.15) is 49.8 Å². The lowest BCUT2D eigenvalue weighted by molar-refractivity contribution is 0.174. The molecule has 4 rings (SSSR count). The van der Waals surface area contributed by atoms with E-state index in [0.29, 0.717) is 31.9 Å². The highest BCUT2D eigenvalue weighted by molar-refractivity contribution is 7.89. The van der Waals surface area contributed by atoms with Crippen molar-refractivity contribution in [1.29, 1.82) is 0 Å². The first-order chi connectivity index (χ1) is 17.7. The van der Waals surface area contributed by atoms with Crippen molar-refractivity contribution in [2.24, 2.45) is 5.92 Å². The minimum absolute atomic E-state index is 0.0379. The second-order valence-electron chi connectivity index (χ2n) is 10.1. The highest BCUT2D eigenvalue weighted by atomic mass is 35.5. The molecule has 0 amide bonds. The lowest BCUT2D eigenvalue weighted by atomic mass is 9.93. The second-order valence-corrected chi connectivity index (χ2v) is 12.5. The van der Waals surface area contributed by atoms with E-state index < -0.39 is 15.8 Å². The molecule has 1 fully saturated rings. The number of benzene rings is 2. The summed E-state index contributed by atoms with van der Waals surface area (Å²) < 4.78 is 58.5.